The smallest absolute Gasteiger partial charge is 0.427 e. The molecule has 128 valence electrons. The highest BCUT2D eigenvalue weighted by atomic mass is 16.5. The highest BCUT2D eigenvalue weighted by Crippen LogP contribution is 2.39. The van der Waals surface area contributed by atoms with Crippen LogP contribution in [0.2, 0.25) is 0 Å². The van der Waals surface area contributed by atoms with Crippen LogP contribution in [-0.2, 0) is 15.6 Å². The third kappa shape index (κ3) is 5.27. The van der Waals surface area contributed by atoms with E-state index in [2.05, 4.69) is 10.5 Å². The molecule has 1 rings (SSSR count). The van der Waals surface area contributed by atoms with E-state index in [1.54, 1.807) is 13.1 Å². The summed E-state index contributed by atoms with van der Waals surface area (Å²) in [6.07, 6.45) is 0.968. The van der Waals surface area contributed by atoms with E-state index in [0.717, 1.165) is 16.7 Å². The van der Waals surface area contributed by atoms with Gasteiger partial charge in [0.2, 0.25) is 0 Å². The first-order chi connectivity index (χ1) is 10.5. The van der Waals surface area contributed by atoms with E-state index in [4.69, 9.17) is 4.74 Å². The van der Waals surface area contributed by atoms with Crippen LogP contribution in [0.15, 0.2) is 17.2 Å². The molecule has 2 N–H and O–H groups in total. The summed E-state index contributed by atoms with van der Waals surface area (Å²) in [6.45, 7) is 14.3. The number of phenolic OH excluding ortho intramolecular Hbond substituents is 1. The van der Waals surface area contributed by atoms with Crippen LogP contribution in [0, 0.1) is 0 Å². The summed E-state index contributed by atoms with van der Waals surface area (Å²) in [5.41, 5.74) is 4.41. The molecule has 0 unspecified atom stereocenters. The van der Waals surface area contributed by atoms with E-state index in [9.17, 15) is 9.90 Å². The second-order valence-electron chi connectivity index (χ2n) is 7.56. The topological polar surface area (TPSA) is 70.9 Å². The number of carbonyl (C=O) groups is 1. The maximum Gasteiger partial charge on any atom is 0.427 e. The number of rotatable bonds is 3. The quantitative estimate of drug-likeness (QED) is 0.651. The van der Waals surface area contributed by atoms with E-state index in [-0.39, 0.29) is 10.8 Å². The standard InChI is InChI=1S/C18H28N2O3/c1-8-23-16(22)20-19-11-12-9-13(17(2,3)4)15(21)14(10-12)18(5,6)7/h9-11,21H,8H2,1-7H3,(H,20,22)/b19-11+. The minimum atomic E-state index is -0.588. The molecule has 5 nitrogen and oxygen atoms in total. The molecule has 0 aliphatic heterocycles. The Bertz CT molecular complexity index is 558. The molecule has 1 aromatic carbocycles. The molecule has 1 aromatic rings. The first-order valence-corrected chi connectivity index (χ1v) is 7.80. The van der Waals surface area contributed by atoms with Gasteiger partial charge in [-0.2, -0.15) is 5.10 Å². The minimum absolute atomic E-state index is 0.206. The molecular weight excluding hydrogens is 292 g/mol. The number of aromatic hydroxyl groups is 1. The monoisotopic (exact) mass is 320 g/mol. The maximum atomic E-state index is 11.3. The third-order valence-corrected chi connectivity index (χ3v) is 3.39. The van der Waals surface area contributed by atoms with Crippen molar-refractivity contribution in [3.8, 4) is 5.75 Å². The van der Waals surface area contributed by atoms with Gasteiger partial charge in [0.05, 0.1) is 12.8 Å². The van der Waals surface area contributed by atoms with Crippen molar-refractivity contribution in [2.24, 2.45) is 5.10 Å². The van der Waals surface area contributed by atoms with Crippen molar-refractivity contribution in [1.29, 1.82) is 0 Å². The summed E-state index contributed by atoms with van der Waals surface area (Å²) in [7, 11) is 0. The highest BCUT2D eigenvalue weighted by molar-refractivity contribution is 5.82. The van der Waals surface area contributed by atoms with Gasteiger partial charge in [0.1, 0.15) is 5.75 Å². The second kappa shape index (κ2) is 7.02. The zero-order chi connectivity index (χ0) is 17.8. The molecule has 0 aliphatic rings. The molecule has 0 spiro atoms. The minimum Gasteiger partial charge on any atom is -0.507 e. The number of carbonyl (C=O) groups excluding carboxylic acids is 1. The van der Waals surface area contributed by atoms with Crippen LogP contribution in [0.3, 0.4) is 0 Å². The average molecular weight is 320 g/mol. The van der Waals surface area contributed by atoms with Gasteiger partial charge in [0.25, 0.3) is 0 Å². The molecule has 0 bridgehead atoms. The molecule has 0 saturated carbocycles. The Hall–Kier alpha value is -2.04. The molecule has 5 heteroatoms. The van der Waals surface area contributed by atoms with Gasteiger partial charge < -0.3 is 9.84 Å². The van der Waals surface area contributed by atoms with Gasteiger partial charge in [-0.1, -0.05) is 41.5 Å². The van der Waals surface area contributed by atoms with Crippen LogP contribution in [-0.4, -0.2) is 24.0 Å². The lowest BCUT2D eigenvalue weighted by Crippen LogP contribution is -2.19. The fourth-order valence-corrected chi connectivity index (χ4v) is 2.20. The SMILES string of the molecule is CCOC(=O)N/N=C/c1cc(C(C)(C)C)c(O)c(C(C)(C)C)c1. The van der Waals surface area contributed by atoms with Gasteiger partial charge >= 0.3 is 6.09 Å². The lowest BCUT2D eigenvalue weighted by atomic mass is 9.78. The van der Waals surface area contributed by atoms with Crippen LogP contribution in [0.1, 0.15) is 65.2 Å². The summed E-state index contributed by atoms with van der Waals surface area (Å²) >= 11 is 0. The Morgan fingerprint density at radius 2 is 1.65 bits per heavy atom. The third-order valence-electron chi connectivity index (χ3n) is 3.39. The lowest BCUT2D eigenvalue weighted by Gasteiger charge is -2.27. The Morgan fingerprint density at radius 1 is 1.17 bits per heavy atom. The van der Waals surface area contributed by atoms with Gasteiger partial charge in [-0.15, -0.1) is 0 Å². The average Bonchev–Trinajstić information content (AvgIpc) is 2.38. The zero-order valence-electron chi connectivity index (χ0n) is 15.2. The van der Waals surface area contributed by atoms with Crippen molar-refractivity contribution < 1.29 is 14.6 Å². The van der Waals surface area contributed by atoms with E-state index >= 15 is 0 Å². The van der Waals surface area contributed by atoms with Crippen molar-refractivity contribution in [2.45, 2.75) is 59.3 Å². The Kier molecular flexibility index (Phi) is 5.81. The van der Waals surface area contributed by atoms with E-state index < -0.39 is 6.09 Å². The normalized spacial score (nSPS) is 12.5. The molecular formula is C18H28N2O3. The number of hydrogen-bond acceptors (Lipinski definition) is 4. The van der Waals surface area contributed by atoms with Gasteiger partial charge in [0, 0.05) is 11.1 Å². The van der Waals surface area contributed by atoms with Gasteiger partial charge in [-0.25, -0.2) is 10.2 Å². The van der Waals surface area contributed by atoms with Gasteiger partial charge in [0.15, 0.2) is 0 Å². The number of nitrogens with one attached hydrogen (secondary N) is 1. The number of ether oxygens (including phenoxy) is 1. The molecule has 0 radical (unpaired) electrons. The summed E-state index contributed by atoms with van der Waals surface area (Å²) in [6, 6.07) is 3.78. The van der Waals surface area contributed by atoms with Crippen LogP contribution >= 0.6 is 0 Å². The number of nitrogens with zero attached hydrogens (tertiary/aromatic N) is 1. The van der Waals surface area contributed by atoms with E-state index in [1.807, 2.05) is 53.7 Å². The predicted octanol–water partition coefficient (Wildman–Crippen LogP) is 4.07. The number of hydrogen-bond donors (Lipinski definition) is 2. The first-order valence-electron chi connectivity index (χ1n) is 7.80. The fraction of sp³-hybridized carbons (Fsp3) is 0.556. The van der Waals surface area contributed by atoms with Crippen LogP contribution in [0.25, 0.3) is 0 Å². The van der Waals surface area contributed by atoms with Crippen LogP contribution in [0.5, 0.6) is 5.75 Å². The Labute approximate surface area is 138 Å². The van der Waals surface area contributed by atoms with Crippen molar-refractivity contribution in [3.05, 3.63) is 28.8 Å². The second-order valence-corrected chi connectivity index (χ2v) is 7.56. The lowest BCUT2D eigenvalue weighted by molar-refractivity contribution is 0.152. The highest BCUT2D eigenvalue weighted by Gasteiger charge is 2.26. The fourth-order valence-electron chi connectivity index (χ4n) is 2.20. The Morgan fingerprint density at radius 3 is 2.04 bits per heavy atom. The Balaban J connectivity index is 3.23. The number of benzene rings is 1. The van der Waals surface area contributed by atoms with Crippen molar-refractivity contribution in [3.63, 3.8) is 0 Å². The van der Waals surface area contributed by atoms with Crippen LogP contribution in [0.4, 0.5) is 4.79 Å². The summed E-state index contributed by atoms with van der Waals surface area (Å²) < 4.78 is 4.75. The van der Waals surface area contributed by atoms with Crippen molar-refractivity contribution >= 4 is 12.3 Å². The summed E-state index contributed by atoms with van der Waals surface area (Å²) in [4.78, 5) is 11.3. The molecule has 0 aromatic heterocycles. The molecule has 0 fully saturated rings. The predicted molar refractivity (Wildman–Crippen MR) is 93.3 cm³/mol. The molecule has 0 atom stereocenters. The van der Waals surface area contributed by atoms with Crippen molar-refractivity contribution in [1.82, 2.24) is 5.43 Å². The zero-order valence-corrected chi connectivity index (χ0v) is 15.2. The van der Waals surface area contributed by atoms with Crippen molar-refractivity contribution in [2.75, 3.05) is 6.61 Å². The first kappa shape index (κ1) is 19.0. The molecule has 0 heterocycles. The number of phenols is 1. The summed E-state index contributed by atoms with van der Waals surface area (Å²) in [5, 5.41) is 14.5. The van der Waals surface area contributed by atoms with Gasteiger partial charge in [-0.3, -0.25) is 0 Å². The maximum absolute atomic E-state index is 11.3. The molecule has 23 heavy (non-hydrogen) atoms. The van der Waals surface area contributed by atoms with E-state index in [0.29, 0.717) is 12.4 Å². The largest absolute Gasteiger partial charge is 0.507 e. The molecule has 0 aliphatic carbocycles. The number of amides is 1. The molecule has 0 saturated heterocycles. The number of hydrazone groups is 1. The molecule has 1 amide bonds. The van der Waals surface area contributed by atoms with Gasteiger partial charge in [-0.05, 0) is 35.4 Å². The van der Waals surface area contributed by atoms with Crippen LogP contribution < -0.4 is 5.43 Å². The van der Waals surface area contributed by atoms with E-state index in [1.165, 1.54) is 0 Å². The summed E-state index contributed by atoms with van der Waals surface area (Å²) in [5.74, 6) is 0.320.